The third-order valence-corrected chi connectivity index (χ3v) is 4.68. The Bertz CT molecular complexity index is 967. The molecular formula is C18H12ClN3S. The number of thiophene rings is 1. The summed E-state index contributed by atoms with van der Waals surface area (Å²) in [6, 6.07) is 18.0. The Morgan fingerprint density at radius 1 is 0.957 bits per heavy atom. The smallest absolute Gasteiger partial charge is 0.141 e. The van der Waals surface area contributed by atoms with Crippen LogP contribution in [0.5, 0.6) is 0 Å². The highest BCUT2D eigenvalue weighted by molar-refractivity contribution is 7.13. The highest BCUT2D eigenvalue weighted by Gasteiger charge is 2.07. The molecule has 2 aromatic heterocycles. The lowest BCUT2D eigenvalue weighted by molar-refractivity contribution is 1.22. The molecule has 1 N–H and O–H groups in total. The van der Waals surface area contributed by atoms with E-state index in [1.54, 1.807) is 17.7 Å². The van der Waals surface area contributed by atoms with E-state index in [1.807, 2.05) is 30.3 Å². The molecule has 0 aliphatic carbocycles. The Labute approximate surface area is 142 Å². The quantitative estimate of drug-likeness (QED) is 0.516. The van der Waals surface area contributed by atoms with Gasteiger partial charge in [0.25, 0.3) is 0 Å². The minimum atomic E-state index is 0.688. The number of nitrogens with one attached hydrogen (secondary N) is 1. The van der Waals surface area contributed by atoms with Gasteiger partial charge in [0.15, 0.2) is 0 Å². The maximum atomic E-state index is 6.05. The van der Waals surface area contributed by atoms with E-state index in [9.17, 15) is 0 Å². The average molecular weight is 338 g/mol. The second-order valence-electron chi connectivity index (χ2n) is 5.07. The molecule has 0 aliphatic rings. The lowest BCUT2D eigenvalue weighted by Crippen LogP contribution is -1.96. The third kappa shape index (κ3) is 2.91. The van der Waals surface area contributed by atoms with Gasteiger partial charge in [-0.15, -0.1) is 11.3 Å². The van der Waals surface area contributed by atoms with E-state index in [1.165, 1.54) is 4.88 Å². The topological polar surface area (TPSA) is 37.8 Å². The molecule has 0 aliphatic heterocycles. The molecule has 112 valence electrons. The van der Waals surface area contributed by atoms with E-state index < -0.39 is 0 Å². The number of anilines is 2. The van der Waals surface area contributed by atoms with E-state index in [-0.39, 0.29) is 0 Å². The van der Waals surface area contributed by atoms with Crippen molar-refractivity contribution in [2.24, 2.45) is 0 Å². The fraction of sp³-hybridized carbons (Fsp3) is 0. The molecule has 0 amide bonds. The van der Waals surface area contributed by atoms with Gasteiger partial charge in [-0.3, -0.25) is 0 Å². The summed E-state index contributed by atoms with van der Waals surface area (Å²) in [4.78, 5) is 9.97. The van der Waals surface area contributed by atoms with Crippen LogP contribution in [0.2, 0.25) is 5.02 Å². The Balaban J connectivity index is 1.81. The minimum absolute atomic E-state index is 0.688. The first-order valence-electron chi connectivity index (χ1n) is 7.11. The second-order valence-corrected chi connectivity index (χ2v) is 6.45. The number of hydrogen-bond donors (Lipinski definition) is 1. The molecule has 0 saturated heterocycles. The molecule has 3 nitrogen and oxygen atoms in total. The van der Waals surface area contributed by atoms with Crippen LogP contribution in [0.3, 0.4) is 0 Å². The van der Waals surface area contributed by atoms with Crippen molar-refractivity contribution in [3.8, 4) is 10.4 Å². The molecule has 0 spiro atoms. The van der Waals surface area contributed by atoms with Crippen molar-refractivity contribution in [1.29, 1.82) is 0 Å². The van der Waals surface area contributed by atoms with E-state index in [2.05, 4.69) is 44.9 Å². The Morgan fingerprint density at radius 2 is 1.91 bits per heavy atom. The molecule has 0 unspecified atom stereocenters. The first kappa shape index (κ1) is 14.2. The SMILES string of the molecule is Clc1cccc(Nc2ncnc3ccc(-c4cccs4)cc23)c1. The maximum absolute atomic E-state index is 6.05. The highest BCUT2D eigenvalue weighted by atomic mass is 35.5. The summed E-state index contributed by atoms with van der Waals surface area (Å²) >= 11 is 7.77. The van der Waals surface area contributed by atoms with Crippen LogP contribution in [0.4, 0.5) is 11.5 Å². The van der Waals surface area contributed by atoms with Gasteiger partial charge in [0.2, 0.25) is 0 Å². The molecule has 4 rings (SSSR count). The summed E-state index contributed by atoms with van der Waals surface area (Å²) in [5, 5.41) is 7.08. The first-order chi connectivity index (χ1) is 11.3. The van der Waals surface area contributed by atoms with Gasteiger partial charge in [-0.05, 0) is 47.3 Å². The monoisotopic (exact) mass is 337 g/mol. The molecule has 4 aromatic rings. The van der Waals surface area contributed by atoms with E-state index >= 15 is 0 Å². The van der Waals surface area contributed by atoms with Crippen molar-refractivity contribution in [3.63, 3.8) is 0 Å². The summed E-state index contributed by atoms with van der Waals surface area (Å²) in [5.74, 6) is 0.774. The summed E-state index contributed by atoms with van der Waals surface area (Å²) in [6.07, 6.45) is 1.57. The van der Waals surface area contributed by atoms with Crippen LogP contribution in [0, 0.1) is 0 Å². The first-order valence-corrected chi connectivity index (χ1v) is 8.36. The minimum Gasteiger partial charge on any atom is -0.340 e. The average Bonchev–Trinajstić information content (AvgIpc) is 3.09. The molecular weight excluding hydrogens is 326 g/mol. The van der Waals surface area contributed by atoms with Crippen LogP contribution in [-0.2, 0) is 0 Å². The Hall–Kier alpha value is -2.43. The summed E-state index contributed by atoms with van der Waals surface area (Å²) in [5.41, 5.74) is 2.97. The molecule has 0 fully saturated rings. The van der Waals surface area contributed by atoms with Gasteiger partial charge in [-0.1, -0.05) is 29.8 Å². The van der Waals surface area contributed by atoms with Crippen molar-refractivity contribution in [2.75, 3.05) is 5.32 Å². The fourth-order valence-electron chi connectivity index (χ4n) is 2.46. The predicted octanol–water partition coefficient (Wildman–Crippen LogP) is 5.76. The van der Waals surface area contributed by atoms with Gasteiger partial charge in [-0.2, -0.15) is 0 Å². The zero-order valence-corrected chi connectivity index (χ0v) is 13.6. The van der Waals surface area contributed by atoms with Crippen LogP contribution in [0.15, 0.2) is 66.3 Å². The van der Waals surface area contributed by atoms with E-state index in [0.29, 0.717) is 5.02 Å². The van der Waals surface area contributed by atoms with Crippen LogP contribution < -0.4 is 5.32 Å². The lowest BCUT2D eigenvalue weighted by atomic mass is 10.1. The number of aromatic nitrogens is 2. The molecule has 5 heteroatoms. The van der Waals surface area contributed by atoms with Gasteiger partial charge in [0.1, 0.15) is 12.1 Å². The maximum Gasteiger partial charge on any atom is 0.141 e. The predicted molar refractivity (Wildman–Crippen MR) is 97.6 cm³/mol. The zero-order valence-electron chi connectivity index (χ0n) is 12.0. The normalized spacial score (nSPS) is 10.8. The molecule has 0 radical (unpaired) electrons. The number of hydrogen-bond acceptors (Lipinski definition) is 4. The lowest BCUT2D eigenvalue weighted by Gasteiger charge is -2.09. The van der Waals surface area contributed by atoms with Crippen molar-refractivity contribution in [1.82, 2.24) is 9.97 Å². The molecule has 2 aromatic carbocycles. The van der Waals surface area contributed by atoms with Gasteiger partial charge in [0.05, 0.1) is 5.52 Å². The largest absolute Gasteiger partial charge is 0.340 e. The molecule has 0 bridgehead atoms. The fourth-order valence-corrected chi connectivity index (χ4v) is 3.37. The molecule has 0 atom stereocenters. The second kappa shape index (κ2) is 5.99. The number of nitrogens with zero attached hydrogens (tertiary/aromatic N) is 2. The Morgan fingerprint density at radius 3 is 2.74 bits per heavy atom. The van der Waals surface area contributed by atoms with Crippen LogP contribution in [0.1, 0.15) is 0 Å². The van der Waals surface area contributed by atoms with E-state index in [4.69, 9.17) is 11.6 Å². The summed E-state index contributed by atoms with van der Waals surface area (Å²) < 4.78 is 0. The van der Waals surface area contributed by atoms with Gasteiger partial charge < -0.3 is 5.32 Å². The molecule has 23 heavy (non-hydrogen) atoms. The van der Waals surface area contributed by atoms with Crippen LogP contribution in [0.25, 0.3) is 21.3 Å². The summed E-state index contributed by atoms with van der Waals surface area (Å²) in [6.45, 7) is 0. The van der Waals surface area contributed by atoms with Gasteiger partial charge in [0, 0.05) is 21.0 Å². The van der Waals surface area contributed by atoms with Crippen molar-refractivity contribution < 1.29 is 0 Å². The molecule has 0 saturated carbocycles. The van der Waals surface area contributed by atoms with Crippen molar-refractivity contribution >= 4 is 45.3 Å². The zero-order chi connectivity index (χ0) is 15.6. The number of halogens is 1. The van der Waals surface area contributed by atoms with Gasteiger partial charge >= 0.3 is 0 Å². The highest BCUT2D eigenvalue weighted by Crippen LogP contribution is 2.31. The molecule has 2 heterocycles. The van der Waals surface area contributed by atoms with Crippen LogP contribution >= 0.6 is 22.9 Å². The number of rotatable bonds is 3. The van der Waals surface area contributed by atoms with Crippen LogP contribution in [-0.4, -0.2) is 9.97 Å². The standard InChI is InChI=1S/C18H12ClN3S/c19-13-3-1-4-14(10-13)22-18-15-9-12(17-5-2-8-23-17)6-7-16(15)20-11-21-18/h1-11H,(H,20,21,22). The Kier molecular flexibility index (Phi) is 3.69. The van der Waals surface area contributed by atoms with Crippen molar-refractivity contribution in [2.45, 2.75) is 0 Å². The van der Waals surface area contributed by atoms with E-state index in [0.717, 1.165) is 28.0 Å². The van der Waals surface area contributed by atoms with Crippen molar-refractivity contribution in [3.05, 3.63) is 71.3 Å². The number of benzene rings is 2. The van der Waals surface area contributed by atoms with Gasteiger partial charge in [-0.25, -0.2) is 9.97 Å². The summed E-state index contributed by atoms with van der Waals surface area (Å²) in [7, 11) is 0. The number of fused-ring (bicyclic) bond motifs is 1. The third-order valence-electron chi connectivity index (χ3n) is 3.53.